The lowest BCUT2D eigenvalue weighted by atomic mass is 10.1. The van der Waals surface area contributed by atoms with Crippen LogP contribution in [0.4, 0.5) is 11.4 Å². The average Bonchev–Trinajstić information content (AvgIpc) is 2.59. The van der Waals surface area contributed by atoms with Gasteiger partial charge in [-0.1, -0.05) is 41.9 Å². The van der Waals surface area contributed by atoms with E-state index in [2.05, 4.69) is 5.32 Å². The van der Waals surface area contributed by atoms with Crippen LogP contribution in [0, 0.1) is 20.2 Å². The van der Waals surface area contributed by atoms with Gasteiger partial charge in [-0.25, -0.2) is 0 Å². The summed E-state index contributed by atoms with van der Waals surface area (Å²) in [6, 6.07) is 9.45. The van der Waals surface area contributed by atoms with Crippen LogP contribution in [0.1, 0.15) is 22.0 Å². The highest BCUT2D eigenvalue weighted by Gasteiger charge is 2.28. The topological polar surface area (TPSA) is 136 Å². The Bertz CT molecular complexity index is 792. The third-order valence-electron chi connectivity index (χ3n) is 3.38. The normalized spacial score (nSPS) is 11.6. The second-order valence-corrected chi connectivity index (χ2v) is 5.34. The summed E-state index contributed by atoms with van der Waals surface area (Å²) in [4.78, 5) is 32.5. The summed E-state index contributed by atoms with van der Waals surface area (Å²) in [6.45, 7) is -0.423. The van der Waals surface area contributed by atoms with Crippen LogP contribution in [0.3, 0.4) is 0 Å². The van der Waals surface area contributed by atoms with Gasteiger partial charge >= 0.3 is 0 Å². The Morgan fingerprint density at radius 2 is 1.64 bits per heavy atom. The molecule has 2 rings (SSSR count). The highest BCUT2D eigenvalue weighted by atomic mass is 35.5. The molecule has 0 unspecified atom stereocenters. The highest BCUT2D eigenvalue weighted by Crippen LogP contribution is 2.35. The maximum absolute atomic E-state index is 12.3. The Labute approximate surface area is 146 Å². The maximum Gasteiger partial charge on any atom is 0.295 e. The Balaban J connectivity index is 2.38. The number of halogens is 1. The lowest BCUT2D eigenvalue weighted by Crippen LogP contribution is -2.30. The van der Waals surface area contributed by atoms with E-state index < -0.39 is 44.8 Å². The second-order valence-electron chi connectivity index (χ2n) is 4.96. The number of aliphatic hydroxyl groups is 1. The van der Waals surface area contributed by atoms with Gasteiger partial charge in [0.2, 0.25) is 0 Å². The molecule has 0 heterocycles. The molecule has 0 bridgehead atoms. The van der Waals surface area contributed by atoms with Crippen LogP contribution in [0.2, 0.25) is 5.02 Å². The Hall–Kier alpha value is -3.04. The molecule has 0 aliphatic carbocycles. The van der Waals surface area contributed by atoms with Gasteiger partial charge in [-0.05, 0) is 5.56 Å². The summed E-state index contributed by atoms with van der Waals surface area (Å²) in [5.74, 6) is -0.814. The molecule has 0 aromatic heterocycles. The van der Waals surface area contributed by atoms with Crippen molar-refractivity contribution in [1.82, 2.24) is 5.32 Å². The molecular weight excluding hydrogens is 354 g/mol. The van der Waals surface area contributed by atoms with E-state index in [0.717, 1.165) is 12.1 Å². The summed E-state index contributed by atoms with van der Waals surface area (Å²) >= 11 is 5.65. The number of nitrogens with zero attached hydrogens (tertiary/aromatic N) is 2. The van der Waals surface area contributed by atoms with Crippen molar-refractivity contribution in [2.45, 2.75) is 6.04 Å². The third kappa shape index (κ3) is 4.08. The molecule has 0 saturated heterocycles. The van der Waals surface area contributed by atoms with Crippen LogP contribution < -0.4 is 5.32 Å². The van der Waals surface area contributed by atoms with E-state index in [1.54, 1.807) is 30.3 Å². The van der Waals surface area contributed by atoms with Crippen LogP contribution in [0.5, 0.6) is 0 Å². The van der Waals surface area contributed by atoms with E-state index in [4.69, 9.17) is 11.6 Å². The van der Waals surface area contributed by atoms with E-state index in [9.17, 15) is 30.1 Å². The number of amides is 1. The minimum absolute atomic E-state index is 0.308. The van der Waals surface area contributed by atoms with Gasteiger partial charge in [-0.15, -0.1) is 0 Å². The van der Waals surface area contributed by atoms with Crippen LogP contribution in [0.15, 0.2) is 42.5 Å². The highest BCUT2D eigenvalue weighted by molar-refractivity contribution is 6.35. The van der Waals surface area contributed by atoms with Crippen molar-refractivity contribution >= 4 is 28.9 Å². The number of aliphatic hydroxyl groups excluding tert-OH is 1. The van der Waals surface area contributed by atoms with Gasteiger partial charge in [-0.3, -0.25) is 25.0 Å². The van der Waals surface area contributed by atoms with E-state index in [-0.39, 0.29) is 5.56 Å². The number of nitro groups is 2. The fourth-order valence-corrected chi connectivity index (χ4v) is 2.40. The number of carbonyl (C=O) groups is 1. The average molecular weight is 366 g/mol. The molecule has 1 amide bonds. The molecule has 0 aliphatic rings. The zero-order chi connectivity index (χ0) is 18.6. The predicted octanol–water partition coefficient (Wildman–Crippen LogP) is 2.62. The second kappa shape index (κ2) is 7.69. The molecule has 1 atom stereocenters. The van der Waals surface area contributed by atoms with Crippen molar-refractivity contribution in [2.24, 2.45) is 0 Å². The van der Waals surface area contributed by atoms with Crippen molar-refractivity contribution in [3.05, 3.63) is 78.8 Å². The van der Waals surface area contributed by atoms with E-state index in [0.29, 0.717) is 5.56 Å². The van der Waals surface area contributed by atoms with Gasteiger partial charge in [0.15, 0.2) is 5.02 Å². The number of hydrogen-bond acceptors (Lipinski definition) is 6. The first-order chi connectivity index (χ1) is 11.8. The first kappa shape index (κ1) is 18.3. The number of carbonyl (C=O) groups excluding carboxylic acids is 1. The molecule has 0 spiro atoms. The molecule has 0 fully saturated rings. The number of nitro benzene ring substituents is 2. The number of rotatable bonds is 6. The quantitative estimate of drug-likeness (QED) is 0.596. The SMILES string of the molecule is O=C(N[C@H](CO)c1ccccc1)c1cc([N+](=O)[O-])c(Cl)c([N+](=O)[O-])c1. The Morgan fingerprint density at radius 3 is 2.08 bits per heavy atom. The fourth-order valence-electron chi connectivity index (χ4n) is 2.15. The lowest BCUT2D eigenvalue weighted by molar-refractivity contribution is -0.393. The van der Waals surface area contributed by atoms with Gasteiger partial charge in [0.1, 0.15) is 0 Å². The molecule has 25 heavy (non-hydrogen) atoms. The van der Waals surface area contributed by atoms with Crippen molar-refractivity contribution in [3.8, 4) is 0 Å². The van der Waals surface area contributed by atoms with Gasteiger partial charge in [-0.2, -0.15) is 0 Å². The maximum atomic E-state index is 12.3. The van der Waals surface area contributed by atoms with Crippen molar-refractivity contribution in [3.63, 3.8) is 0 Å². The molecule has 2 aromatic carbocycles. The smallest absolute Gasteiger partial charge is 0.295 e. The fraction of sp³-hybridized carbons (Fsp3) is 0.133. The molecule has 0 aliphatic heterocycles. The molecule has 9 nitrogen and oxygen atoms in total. The molecule has 130 valence electrons. The third-order valence-corrected chi connectivity index (χ3v) is 3.77. The molecule has 0 saturated carbocycles. The van der Waals surface area contributed by atoms with E-state index in [1.165, 1.54) is 0 Å². The van der Waals surface area contributed by atoms with Crippen molar-refractivity contribution in [2.75, 3.05) is 6.61 Å². The molecular formula is C15H12ClN3O6. The monoisotopic (exact) mass is 365 g/mol. The first-order valence-corrected chi connectivity index (χ1v) is 7.32. The minimum atomic E-state index is -0.910. The zero-order valence-corrected chi connectivity index (χ0v) is 13.3. The predicted molar refractivity (Wildman–Crippen MR) is 88.5 cm³/mol. The number of benzene rings is 2. The summed E-state index contributed by atoms with van der Waals surface area (Å²) in [6.07, 6.45) is 0. The number of hydrogen-bond donors (Lipinski definition) is 2. The van der Waals surface area contributed by atoms with Crippen molar-refractivity contribution in [1.29, 1.82) is 0 Å². The van der Waals surface area contributed by atoms with Gasteiger partial charge in [0.25, 0.3) is 17.3 Å². The van der Waals surface area contributed by atoms with E-state index >= 15 is 0 Å². The molecule has 2 aromatic rings. The van der Waals surface area contributed by atoms with Crippen LogP contribution in [-0.4, -0.2) is 27.5 Å². The number of nitrogens with one attached hydrogen (secondary N) is 1. The van der Waals surface area contributed by atoms with Crippen LogP contribution >= 0.6 is 11.6 Å². The summed E-state index contributed by atoms with van der Waals surface area (Å²) in [5, 5.41) is 33.3. The first-order valence-electron chi connectivity index (χ1n) is 6.94. The summed E-state index contributed by atoms with van der Waals surface area (Å²) in [7, 11) is 0. The summed E-state index contributed by atoms with van der Waals surface area (Å²) in [5.41, 5.74) is -1.20. The van der Waals surface area contributed by atoms with Crippen molar-refractivity contribution < 1.29 is 19.7 Å². The zero-order valence-electron chi connectivity index (χ0n) is 12.6. The lowest BCUT2D eigenvalue weighted by Gasteiger charge is -2.16. The minimum Gasteiger partial charge on any atom is -0.394 e. The van der Waals surface area contributed by atoms with Gasteiger partial charge < -0.3 is 10.4 Å². The molecule has 2 N–H and O–H groups in total. The summed E-state index contributed by atoms with van der Waals surface area (Å²) < 4.78 is 0. The van der Waals surface area contributed by atoms with E-state index in [1.807, 2.05) is 0 Å². The Morgan fingerprint density at radius 1 is 1.12 bits per heavy atom. The van der Waals surface area contributed by atoms with Gasteiger partial charge in [0.05, 0.1) is 28.1 Å². The molecule has 0 radical (unpaired) electrons. The van der Waals surface area contributed by atoms with Gasteiger partial charge in [0, 0.05) is 12.1 Å². The molecule has 10 heteroatoms. The Kier molecular flexibility index (Phi) is 5.63. The largest absolute Gasteiger partial charge is 0.394 e. The van der Waals surface area contributed by atoms with Crippen LogP contribution in [-0.2, 0) is 0 Å². The standard InChI is InChI=1S/C15H12ClN3O6/c16-14-12(18(22)23)6-10(7-13(14)19(24)25)15(21)17-11(8-20)9-4-2-1-3-5-9/h1-7,11,20H,8H2,(H,17,21)/t11-/m1/s1. The van der Waals surface area contributed by atoms with Crippen LogP contribution in [0.25, 0.3) is 0 Å².